The Kier molecular flexibility index (Phi) is 5.71. The maximum atomic E-state index is 12.5. The van der Waals surface area contributed by atoms with Crippen molar-refractivity contribution in [3.8, 4) is 11.5 Å². The lowest BCUT2D eigenvalue weighted by Gasteiger charge is -2.35. The minimum absolute atomic E-state index is 0.0670. The second-order valence-electron chi connectivity index (χ2n) is 5.97. The van der Waals surface area contributed by atoms with E-state index in [0.29, 0.717) is 22.2 Å². The monoisotopic (exact) mass is 389 g/mol. The first-order valence-corrected chi connectivity index (χ1v) is 8.75. The summed E-state index contributed by atoms with van der Waals surface area (Å²) in [6.07, 6.45) is -0.687. The van der Waals surface area contributed by atoms with Gasteiger partial charge in [0.2, 0.25) is 5.91 Å². The van der Waals surface area contributed by atoms with Crippen molar-refractivity contribution in [2.45, 2.75) is 6.10 Å². The summed E-state index contributed by atoms with van der Waals surface area (Å²) in [5.74, 6) is 0.628. The molecule has 0 saturated carbocycles. The van der Waals surface area contributed by atoms with Gasteiger partial charge in [0.05, 0.1) is 30.9 Å². The third kappa shape index (κ3) is 4.25. The van der Waals surface area contributed by atoms with Gasteiger partial charge in [-0.25, -0.2) is 0 Å². The van der Waals surface area contributed by atoms with Crippen molar-refractivity contribution in [2.24, 2.45) is 0 Å². The molecular weight excluding hydrogens is 370 g/mol. The minimum Gasteiger partial charge on any atom is -0.495 e. The largest absolute Gasteiger partial charge is 0.495 e. The zero-order valence-corrected chi connectivity index (χ0v) is 15.7. The maximum absolute atomic E-state index is 12.5. The number of carbonyl (C=O) groups excluding carboxylic acids is 2. The van der Waals surface area contributed by atoms with E-state index in [1.165, 1.54) is 7.11 Å². The van der Waals surface area contributed by atoms with Gasteiger partial charge in [-0.1, -0.05) is 23.7 Å². The van der Waals surface area contributed by atoms with Crippen LogP contribution >= 0.6 is 11.6 Å². The first-order chi connectivity index (χ1) is 13.0. The van der Waals surface area contributed by atoms with Crippen molar-refractivity contribution in [3.63, 3.8) is 0 Å². The van der Waals surface area contributed by atoms with Crippen LogP contribution < -0.4 is 25.0 Å². The van der Waals surface area contributed by atoms with Crippen molar-refractivity contribution in [2.75, 3.05) is 37.5 Å². The van der Waals surface area contributed by atoms with E-state index in [-0.39, 0.29) is 24.9 Å². The highest BCUT2D eigenvalue weighted by Gasteiger charge is 2.31. The Morgan fingerprint density at radius 2 is 2.07 bits per heavy atom. The predicted octanol–water partition coefficient (Wildman–Crippen LogP) is 2.30. The Hall–Kier alpha value is -2.93. The molecule has 0 aliphatic carbocycles. The average Bonchev–Trinajstić information content (AvgIpc) is 2.67. The van der Waals surface area contributed by atoms with Crippen molar-refractivity contribution < 1.29 is 19.1 Å². The number of anilines is 2. The smallest absolute Gasteiger partial charge is 0.262 e. The van der Waals surface area contributed by atoms with Crippen LogP contribution in [0, 0.1) is 0 Å². The molecule has 0 radical (unpaired) electrons. The van der Waals surface area contributed by atoms with Crippen molar-refractivity contribution in [1.82, 2.24) is 5.32 Å². The molecule has 27 heavy (non-hydrogen) atoms. The van der Waals surface area contributed by atoms with E-state index in [0.717, 1.165) is 5.69 Å². The topological polar surface area (TPSA) is 79.9 Å². The van der Waals surface area contributed by atoms with Gasteiger partial charge in [-0.2, -0.15) is 0 Å². The van der Waals surface area contributed by atoms with E-state index in [2.05, 4.69) is 10.6 Å². The number of ether oxygens (including phenoxy) is 2. The Morgan fingerprint density at radius 3 is 2.78 bits per heavy atom. The number of nitrogens with zero attached hydrogens (tertiary/aromatic N) is 1. The molecule has 0 fully saturated rings. The lowest BCUT2D eigenvalue weighted by atomic mass is 10.1. The number of fused-ring (bicyclic) bond motifs is 1. The summed E-state index contributed by atoms with van der Waals surface area (Å²) >= 11 is 6.09. The number of halogens is 1. The number of likely N-dealkylation sites (N-methyl/N-ethyl adjacent to an activating group) is 1. The summed E-state index contributed by atoms with van der Waals surface area (Å²) in [5, 5.41) is 5.80. The molecule has 0 aromatic heterocycles. The molecule has 0 unspecified atom stereocenters. The third-order valence-corrected chi connectivity index (χ3v) is 4.47. The van der Waals surface area contributed by atoms with Crippen LogP contribution in [0.4, 0.5) is 11.4 Å². The first-order valence-electron chi connectivity index (χ1n) is 8.37. The lowest BCUT2D eigenvalue weighted by Crippen LogP contribution is -2.50. The fourth-order valence-electron chi connectivity index (χ4n) is 2.87. The molecule has 0 spiro atoms. The van der Waals surface area contributed by atoms with E-state index < -0.39 is 6.10 Å². The van der Waals surface area contributed by atoms with Crippen molar-refractivity contribution in [3.05, 3.63) is 47.5 Å². The summed E-state index contributed by atoms with van der Waals surface area (Å²) in [5.41, 5.74) is 1.33. The molecule has 2 aromatic rings. The normalized spacial score (nSPS) is 15.4. The lowest BCUT2D eigenvalue weighted by molar-refractivity contribution is -0.127. The van der Waals surface area contributed by atoms with Gasteiger partial charge >= 0.3 is 0 Å². The highest BCUT2D eigenvalue weighted by Crippen LogP contribution is 2.33. The average molecular weight is 390 g/mol. The summed E-state index contributed by atoms with van der Waals surface area (Å²) < 4.78 is 10.8. The third-order valence-electron chi connectivity index (χ3n) is 4.17. The van der Waals surface area contributed by atoms with Gasteiger partial charge in [0.15, 0.2) is 6.10 Å². The number of hydrogen-bond donors (Lipinski definition) is 2. The number of carbonyl (C=O) groups is 2. The van der Waals surface area contributed by atoms with Crippen LogP contribution in [0.2, 0.25) is 5.02 Å². The van der Waals surface area contributed by atoms with E-state index in [4.69, 9.17) is 21.1 Å². The quantitative estimate of drug-likeness (QED) is 0.820. The summed E-state index contributed by atoms with van der Waals surface area (Å²) in [7, 11) is 3.08. The molecule has 1 heterocycles. The molecule has 3 rings (SSSR count). The summed E-state index contributed by atoms with van der Waals surface area (Å²) in [4.78, 5) is 26.4. The molecule has 8 heteroatoms. The fourth-order valence-corrected chi connectivity index (χ4v) is 3.13. The molecule has 2 amide bonds. The number of rotatable bonds is 5. The predicted molar refractivity (Wildman–Crippen MR) is 104 cm³/mol. The maximum Gasteiger partial charge on any atom is 0.262 e. The van der Waals surface area contributed by atoms with Gasteiger partial charge in [0, 0.05) is 12.7 Å². The standard InChI is InChI=1S/C19H20ClN3O4/c1-21-19(25)17-10-23(14-5-3-4-6-16(14)27-17)11-18(24)22-12-7-8-15(26-2)13(20)9-12/h3-9,17H,10-11H2,1-2H3,(H,21,25)(H,22,24)/t17-/m0/s1. The number of benzene rings is 2. The molecule has 1 atom stereocenters. The summed E-state index contributed by atoms with van der Waals surface area (Å²) in [6.45, 7) is 0.338. The Morgan fingerprint density at radius 1 is 1.30 bits per heavy atom. The number of hydrogen-bond acceptors (Lipinski definition) is 5. The van der Waals surface area contributed by atoms with E-state index in [1.54, 1.807) is 31.3 Å². The minimum atomic E-state index is -0.687. The second-order valence-corrected chi connectivity index (χ2v) is 6.37. The molecule has 7 nitrogen and oxygen atoms in total. The van der Waals surface area contributed by atoms with Gasteiger partial charge in [0.25, 0.3) is 5.91 Å². The number of methoxy groups -OCH3 is 1. The van der Waals surface area contributed by atoms with Crippen LogP contribution in [0.1, 0.15) is 0 Å². The number of amides is 2. The van der Waals surface area contributed by atoms with Crippen molar-refractivity contribution in [1.29, 1.82) is 0 Å². The zero-order chi connectivity index (χ0) is 19.4. The molecule has 0 bridgehead atoms. The number of para-hydroxylation sites is 2. The van der Waals surface area contributed by atoms with Crippen LogP contribution in [0.3, 0.4) is 0 Å². The van der Waals surface area contributed by atoms with Crippen LogP contribution in [-0.4, -0.2) is 45.2 Å². The van der Waals surface area contributed by atoms with Gasteiger partial charge in [-0.15, -0.1) is 0 Å². The van der Waals surface area contributed by atoms with Crippen LogP contribution in [-0.2, 0) is 9.59 Å². The summed E-state index contributed by atoms with van der Waals surface area (Å²) in [6, 6.07) is 12.3. The molecule has 0 saturated heterocycles. The molecule has 1 aliphatic rings. The van der Waals surface area contributed by atoms with Crippen LogP contribution in [0.5, 0.6) is 11.5 Å². The molecule has 1 aliphatic heterocycles. The highest BCUT2D eigenvalue weighted by molar-refractivity contribution is 6.32. The Balaban J connectivity index is 1.74. The Bertz CT molecular complexity index is 859. The SMILES string of the molecule is CNC(=O)[C@@H]1CN(CC(=O)Nc2ccc(OC)c(Cl)c2)c2ccccc2O1. The van der Waals surface area contributed by atoms with Crippen LogP contribution in [0.15, 0.2) is 42.5 Å². The molecule has 2 aromatic carbocycles. The second kappa shape index (κ2) is 8.18. The van der Waals surface area contributed by atoms with E-state index in [1.807, 2.05) is 23.1 Å². The van der Waals surface area contributed by atoms with Gasteiger partial charge in [0.1, 0.15) is 11.5 Å². The first kappa shape index (κ1) is 18.8. The van der Waals surface area contributed by atoms with Gasteiger partial charge < -0.3 is 25.0 Å². The Labute approximate surface area is 162 Å². The molecule has 2 N–H and O–H groups in total. The van der Waals surface area contributed by atoms with Gasteiger partial charge in [-0.3, -0.25) is 9.59 Å². The molecule has 142 valence electrons. The number of nitrogens with one attached hydrogen (secondary N) is 2. The van der Waals surface area contributed by atoms with Crippen LogP contribution in [0.25, 0.3) is 0 Å². The molecular formula is C19H20ClN3O4. The fraction of sp³-hybridized carbons (Fsp3) is 0.263. The van der Waals surface area contributed by atoms with E-state index >= 15 is 0 Å². The zero-order valence-electron chi connectivity index (χ0n) is 15.0. The van der Waals surface area contributed by atoms with E-state index in [9.17, 15) is 9.59 Å². The van der Waals surface area contributed by atoms with Gasteiger partial charge in [-0.05, 0) is 30.3 Å². The van der Waals surface area contributed by atoms with Crippen molar-refractivity contribution >= 4 is 34.8 Å². The highest BCUT2D eigenvalue weighted by atomic mass is 35.5.